The van der Waals surface area contributed by atoms with Gasteiger partial charge in [-0.1, -0.05) is 13.8 Å². The van der Waals surface area contributed by atoms with E-state index >= 15 is 0 Å². The smallest absolute Gasteiger partial charge is 0.258 e. The Balaban J connectivity index is 1.66. The molecule has 4 heterocycles. The van der Waals surface area contributed by atoms with Crippen molar-refractivity contribution in [3.63, 3.8) is 0 Å². The van der Waals surface area contributed by atoms with Crippen molar-refractivity contribution in [1.29, 1.82) is 0 Å². The molecule has 25 heavy (non-hydrogen) atoms. The lowest BCUT2D eigenvalue weighted by molar-refractivity contribution is -0.139. The highest BCUT2D eigenvalue weighted by Crippen LogP contribution is 2.49. The zero-order valence-electron chi connectivity index (χ0n) is 14.9. The van der Waals surface area contributed by atoms with Crippen LogP contribution < -0.4 is 5.32 Å². The Morgan fingerprint density at radius 2 is 2.28 bits per heavy atom. The van der Waals surface area contributed by atoms with E-state index in [0.29, 0.717) is 43.3 Å². The van der Waals surface area contributed by atoms with E-state index in [9.17, 15) is 9.59 Å². The first-order chi connectivity index (χ1) is 12.0. The molecule has 2 amide bonds. The van der Waals surface area contributed by atoms with Crippen LogP contribution in [0.25, 0.3) is 0 Å². The van der Waals surface area contributed by atoms with Crippen molar-refractivity contribution in [2.75, 3.05) is 25.5 Å². The number of hydrogen-bond donors (Lipinski definition) is 1. The van der Waals surface area contributed by atoms with Crippen LogP contribution in [0.3, 0.4) is 0 Å². The Bertz CT molecular complexity index is 722. The monoisotopic (exact) mass is 344 g/mol. The van der Waals surface area contributed by atoms with Crippen LogP contribution in [0, 0.1) is 5.92 Å². The van der Waals surface area contributed by atoms with Gasteiger partial charge in [0.15, 0.2) is 5.72 Å². The molecule has 1 N–H and O–H groups in total. The number of amides is 2. The summed E-state index contributed by atoms with van der Waals surface area (Å²) in [5, 5.41) is 2.97. The molecule has 134 valence electrons. The Morgan fingerprint density at radius 1 is 1.48 bits per heavy atom. The molecule has 3 fully saturated rings. The molecule has 3 aliphatic heterocycles. The first kappa shape index (κ1) is 16.3. The Hall–Kier alpha value is -2.15. The zero-order valence-corrected chi connectivity index (χ0v) is 14.9. The summed E-state index contributed by atoms with van der Waals surface area (Å²) in [6, 6.07) is 3.40. The van der Waals surface area contributed by atoms with Gasteiger partial charge < -0.3 is 19.9 Å². The van der Waals surface area contributed by atoms with Crippen LogP contribution in [-0.4, -0.2) is 64.6 Å². The van der Waals surface area contributed by atoms with Gasteiger partial charge in [-0.15, -0.1) is 0 Å². The summed E-state index contributed by atoms with van der Waals surface area (Å²) in [5.41, 5.74) is -0.102. The lowest BCUT2D eigenvalue weighted by Crippen LogP contribution is -2.51. The van der Waals surface area contributed by atoms with Crippen LogP contribution >= 0.6 is 0 Å². The van der Waals surface area contributed by atoms with Crippen LogP contribution in [0.4, 0.5) is 5.82 Å². The highest BCUT2D eigenvalue weighted by atomic mass is 16.5. The van der Waals surface area contributed by atoms with Gasteiger partial charge in [-0.3, -0.25) is 9.59 Å². The normalized spacial score (nSPS) is 30.8. The number of pyridine rings is 1. The second-order valence-electron chi connectivity index (χ2n) is 7.35. The number of aromatic nitrogens is 1. The van der Waals surface area contributed by atoms with E-state index in [1.165, 1.54) is 0 Å². The third-order valence-electron chi connectivity index (χ3n) is 5.79. The molecule has 4 rings (SSSR count). The fourth-order valence-electron chi connectivity index (χ4n) is 4.55. The van der Waals surface area contributed by atoms with Gasteiger partial charge in [0.1, 0.15) is 5.82 Å². The largest absolute Gasteiger partial charge is 0.372 e. The molecule has 3 saturated heterocycles. The molecule has 0 unspecified atom stereocenters. The van der Waals surface area contributed by atoms with Gasteiger partial charge in [-0.2, -0.15) is 0 Å². The van der Waals surface area contributed by atoms with Crippen molar-refractivity contribution < 1.29 is 14.3 Å². The van der Waals surface area contributed by atoms with E-state index in [-0.39, 0.29) is 23.9 Å². The van der Waals surface area contributed by atoms with E-state index in [1.54, 1.807) is 30.3 Å². The predicted molar refractivity (Wildman–Crippen MR) is 92.0 cm³/mol. The van der Waals surface area contributed by atoms with Crippen molar-refractivity contribution in [3.05, 3.63) is 23.9 Å². The van der Waals surface area contributed by atoms with Crippen molar-refractivity contribution in [2.24, 2.45) is 5.92 Å². The Morgan fingerprint density at radius 3 is 3.00 bits per heavy atom. The molecule has 7 nitrogen and oxygen atoms in total. The molecule has 0 bridgehead atoms. The minimum Gasteiger partial charge on any atom is -0.372 e. The molecule has 1 aromatic rings. The first-order valence-corrected chi connectivity index (χ1v) is 8.89. The summed E-state index contributed by atoms with van der Waals surface area (Å²) >= 11 is 0. The highest BCUT2D eigenvalue weighted by molar-refractivity contribution is 5.99. The summed E-state index contributed by atoms with van der Waals surface area (Å²) < 4.78 is 6.19. The molecular weight excluding hydrogens is 320 g/mol. The highest BCUT2D eigenvalue weighted by Gasteiger charge is 2.65. The average Bonchev–Trinajstić information content (AvgIpc) is 3.23. The minimum absolute atomic E-state index is 0.0921. The standard InChI is InChI=1S/C18H24N4O3/c1-11(2)13-10-25-18-6-8-21(14(18)9-15(23)22(13)18)17(24)12-5-4-7-20-16(12)19-3/h4-5,7,11,13-14H,6,8-10H2,1-3H3,(H,19,20)/t13-,14+,18-/m0/s1. The van der Waals surface area contributed by atoms with E-state index in [0.717, 1.165) is 0 Å². The number of nitrogens with zero attached hydrogens (tertiary/aromatic N) is 3. The lowest BCUT2D eigenvalue weighted by atomic mass is 10.0. The zero-order chi connectivity index (χ0) is 17.8. The summed E-state index contributed by atoms with van der Waals surface area (Å²) in [7, 11) is 1.75. The number of likely N-dealkylation sites (tertiary alicyclic amines) is 1. The van der Waals surface area contributed by atoms with Crippen molar-refractivity contribution in [1.82, 2.24) is 14.8 Å². The number of hydrogen-bond acceptors (Lipinski definition) is 5. The van der Waals surface area contributed by atoms with E-state index in [4.69, 9.17) is 4.74 Å². The topological polar surface area (TPSA) is 74.8 Å². The molecule has 1 spiro atoms. The molecule has 7 heteroatoms. The molecular formula is C18H24N4O3. The predicted octanol–water partition coefficient (Wildman–Crippen LogP) is 1.32. The minimum atomic E-state index is -0.635. The van der Waals surface area contributed by atoms with Gasteiger partial charge in [0.05, 0.1) is 30.7 Å². The Labute approximate surface area is 147 Å². The number of ether oxygens (including phenoxy) is 1. The number of anilines is 1. The van der Waals surface area contributed by atoms with Gasteiger partial charge >= 0.3 is 0 Å². The van der Waals surface area contributed by atoms with Gasteiger partial charge in [0.2, 0.25) is 5.91 Å². The van der Waals surface area contributed by atoms with Crippen LogP contribution in [0.5, 0.6) is 0 Å². The van der Waals surface area contributed by atoms with Crippen LogP contribution in [0.1, 0.15) is 37.0 Å². The second-order valence-corrected chi connectivity index (χ2v) is 7.35. The maximum absolute atomic E-state index is 13.1. The van der Waals surface area contributed by atoms with Crippen molar-refractivity contribution in [2.45, 2.75) is 44.5 Å². The maximum Gasteiger partial charge on any atom is 0.258 e. The van der Waals surface area contributed by atoms with E-state index in [2.05, 4.69) is 24.1 Å². The lowest BCUT2D eigenvalue weighted by Gasteiger charge is -2.34. The number of rotatable bonds is 3. The van der Waals surface area contributed by atoms with Gasteiger partial charge in [0, 0.05) is 26.2 Å². The van der Waals surface area contributed by atoms with Gasteiger partial charge in [-0.05, 0) is 18.1 Å². The summed E-state index contributed by atoms with van der Waals surface area (Å²) in [4.78, 5) is 33.8. The fraction of sp³-hybridized carbons (Fsp3) is 0.611. The quantitative estimate of drug-likeness (QED) is 0.895. The molecule has 1 aromatic heterocycles. The second kappa shape index (κ2) is 5.69. The van der Waals surface area contributed by atoms with E-state index < -0.39 is 5.72 Å². The molecule has 0 aromatic carbocycles. The van der Waals surface area contributed by atoms with Gasteiger partial charge in [-0.25, -0.2) is 4.98 Å². The molecule has 0 aliphatic carbocycles. The maximum atomic E-state index is 13.1. The number of carbonyl (C=O) groups excluding carboxylic acids is 2. The van der Waals surface area contributed by atoms with Crippen LogP contribution in [-0.2, 0) is 9.53 Å². The third kappa shape index (κ3) is 2.18. The first-order valence-electron chi connectivity index (χ1n) is 8.89. The SMILES string of the molecule is CNc1ncccc1C(=O)N1CC[C@@]23OC[C@@H](C(C)C)N2C(=O)C[C@@H]13. The molecule has 0 saturated carbocycles. The number of nitrogens with one attached hydrogen (secondary N) is 1. The third-order valence-corrected chi connectivity index (χ3v) is 5.79. The number of carbonyl (C=O) groups is 2. The Kier molecular flexibility index (Phi) is 3.72. The molecule has 3 aliphatic rings. The van der Waals surface area contributed by atoms with Gasteiger partial charge in [0.25, 0.3) is 5.91 Å². The van der Waals surface area contributed by atoms with Crippen molar-refractivity contribution in [3.8, 4) is 0 Å². The summed E-state index contributed by atoms with van der Waals surface area (Å²) in [6.45, 7) is 5.37. The summed E-state index contributed by atoms with van der Waals surface area (Å²) in [5.74, 6) is 0.896. The van der Waals surface area contributed by atoms with Crippen molar-refractivity contribution >= 4 is 17.6 Å². The average molecular weight is 344 g/mol. The molecule has 0 radical (unpaired) electrons. The van der Waals surface area contributed by atoms with Crippen LogP contribution in [0.15, 0.2) is 18.3 Å². The van der Waals surface area contributed by atoms with E-state index in [1.807, 2.05) is 4.90 Å². The summed E-state index contributed by atoms with van der Waals surface area (Å²) in [6.07, 6.45) is 2.67. The van der Waals surface area contributed by atoms with Crippen LogP contribution in [0.2, 0.25) is 0 Å². The fourth-order valence-corrected chi connectivity index (χ4v) is 4.55. The molecule has 3 atom stereocenters.